The zero-order valence-corrected chi connectivity index (χ0v) is 17.2. The van der Waals surface area contributed by atoms with Crippen molar-refractivity contribution >= 4 is 28.2 Å². The van der Waals surface area contributed by atoms with E-state index in [4.69, 9.17) is 14.2 Å². The van der Waals surface area contributed by atoms with Gasteiger partial charge >= 0.3 is 5.97 Å². The molecule has 1 aromatic carbocycles. The smallest absolute Gasteiger partial charge is 0.341 e. The van der Waals surface area contributed by atoms with Gasteiger partial charge in [-0.1, -0.05) is 30.3 Å². The van der Waals surface area contributed by atoms with E-state index in [-0.39, 0.29) is 5.91 Å². The summed E-state index contributed by atoms with van der Waals surface area (Å²) in [5.74, 6) is -1.00. The molecule has 2 saturated heterocycles. The van der Waals surface area contributed by atoms with E-state index in [1.165, 1.54) is 23.3 Å². The topological polar surface area (TPSA) is 78.3 Å². The lowest BCUT2D eigenvalue weighted by Crippen LogP contribution is -3.14. The summed E-state index contributed by atoms with van der Waals surface area (Å²) in [5.41, 5.74) is 2.08. The van der Waals surface area contributed by atoms with E-state index in [9.17, 15) is 9.59 Å². The zero-order valence-electron chi connectivity index (χ0n) is 16.4. The first-order chi connectivity index (χ1) is 14.1. The predicted molar refractivity (Wildman–Crippen MR) is 109 cm³/mol. The molecule has 2 fully saturated rings. The average molecular weight is 418 g/mol. The van der Waals surface area contributed by atoms with Crippen LogP contribution >= 0.6 is 11.3 Å². The fourth-order valence-electron chi connectivity index (χ4n) is 3.93. The second-order valence-electron chi connectivity index (χ2n) is 7.29. The molecule has 0 unspecified atom stereocenters. The maximum atomic E-state index is 12.7. The second-order valence-corrected chi connectivity index (χ2v) is 8.17. The molecule has 4 rings (SSSR count). The summed E-state index contributed by atoms with van der Waals surface area (Å²) >= 11 is 1.34. The van der Waals surface area contributed by atoms with Crippen LogP contribution in [0.1, 0.15) is 23.2 Å². The average Bonchev–Trinajstić information content (AvgIpc) is 3.37. The number of thiophene rings is 1. The molecule has 2 aromatic rings. The van der Waals surface area contributed by atoms with Crippen LogP contribution in [0.5, 0.6) is 0 Å². The van der Waals surface area contributed by atoms with Crippen LogP contribution < -0.4 is 10.2 Å². The van der Waals surface area contributed by atoms with Crippen LogP contribution in [-0.4, -0.2) is 57.6 Å². The molecule has 0 atom stereocenters. The number of hydrogen-bond donors (Lipinski definition) is 2. The van der Waals surface area contributed by atoms with Crippen LogP contribution in [0.2, 0.25) is 0 Å². The Morgan fingerprint density at radius 1 is 1.17 bits per heavy atom. The molecule has 154 valence electrons. The van der Waals surface area contributed by atoms with Crippen LogP contribution in [-0.2, 0) is 19.0 Å². The Labute approximate surface area is 173 Å². The van der Waals surface area contributed by atoms with Gasteiger partial charge in [-0.25, -0.2) is 4.79 Å². The number of methoxy groups -OCH3 is 1. The lowest BCUT2D eigenvalue weighted by atomic mass is 10.0. The van der Waals surface area contributed by atoms with Crippen molar-refractivity contribution in [3.05, 3.63) is 41.3 Å². The number of carbonyl (C=O) groups excluding carboxylic acids is 2. The Morgan fingerprint density at radius 3 is 2.52 bits per heavy atom. The van der Waals surface area contributed by atoms with Crippen molar-refractivity contribution in [2.75, 3.05) is 45.3 Å². The number of carbonyl (C=O) groups is 2. The molecule has 2 aliphatic rings. The number of rotatable bonds is 5. The minimum atomic E-state index is -0.455. The molecular weight excluding hydrogens is 392 g/mol. The number of piperidine rings is 1. The number of ether oxygens (including phenoxy) is 3. The van der Waals surface area contributed by atoms with Crippen molar-refractivity contribution in [1.82, 2.24) is 0 Å². The Morgan fingerprint density at radius 2 is 1.86 bits per heavy atom. The van der Waals surface area contributed by atoms with Crippen LogP contribution in [0, 0.1) is 0 Å². The molecule has 7 nitrogen and oxygen atoms in total. The van der Waals surface area contributed by atoms with E-state index in [0.717, 1.165) is 37.1 Å². The SMILES string of the molecule is COC(=O)c1c(-c2ccccc2)csc1NC(=O)C[NH+]1CCC2(CC1)OCCO2. The first-order valence-corrected chi connectivity index (χ1v) is 10.6. The fourth-order valence-corrected chi connectivity index (χ4v) is 4.90. The van der Waals surface area contributed by atoms with Gasteiger partial charge in [-0.3, -0.25) is 4.79 Å². The molecule has 8 heteroatoms. The van der Waals surface area contributed by atoms with Crippen molar-refractivity contribution in [3.8, 4) is 11.1 Å². The Bertz CT molecular complexity index is 866. The largest absolute Gasteiger partial charge is 0.465 e. The normalized spacial score (nSPS) is 18.7. The molecule has 0 bridgehead atoms. The molecule has 0 radical (unpaired) electrons. The first-order valence-electron chi connectivity index (χ1n) is 9.77. The fraction of sp³-hybridized carbons (Fsp3) is 0.429. The van der Waals surface area contributed by atoms with Gasteiger partial charge in [0.1, 0.15) is 10.6 Å². The monoisotopic (exact) mass is 417 g/mol. The zero-order chi connectivity index (χ0) is 20.3. The first kappa shape index (κ1) is 20.0. The van der Waals surface area contributed by atoms with Gasteiger partial charge in [0.15, 0.2) is 12.3 Å². The highest BCUT2D eigenvalue weighted by Crippen LogP contribution is 2.36. The van der Waals surface area contributed by atoms with Crippen LogP contribution in [0.4, 0.5) is 5.00 Å². The number of quaternary nitrogens is 1. The minimum Gasteiger partial charge on any atom is -0.465 e. The van der Waals surface area contributed by atoms with Crippen LogP contribution in [0.25, 0.3) is 11.1 Å². The molecular formula is C21H25N2O5S+. The number of anilines is 1. The van der Waals surface area contributed by atoms with Gasteiger partial charge in [-0.2, -0.15) is 0 Å². The summed E-state index contributed by atoms with van der Waals surface area (Å²) in [6, 6.07) is 9.61. The number of benzene rings is 1. The molecule has 2 N–H and O–H groups in total. The predicted octanol–water partition coefficient (Wildman–Crippen LogP) is 1.56. The van der Waals surface area contributed by atoms with E-state index in [1.54, 1.807) is 0 Å². The van der Waals surface area contributed by atoms with Crippen molar-refractivity contribution in [2.45, 2.75) is 18.6 Å². The second kappa shape index (κ2) is 8.62. The molecule has 1 aromatic heterocycles. The van der Waals surface area contributed by atoms with Gasteiger partial charge in [-0.15, -0.1) is 11.3 Å². The van der Waals surface area contributed by atoms with Gasteiger partial charge in [-0.05, 0) is 5.56 Å². The summed E-state index contributed by atoms with van der Waals surface area (Å²) in [6.45, 7) is 3.27. The third-order valence-corrected chi connectivity index (χ3v) is 6.36. The standard InChI is InChI=1S/C21H24N2O5S/c1-26-20(25)18-16(15-5-3-2-4-6-15)14-29-19(18)22-17(24)13-23-9-7-21(8-10-23)27-11-12-28-21/h2-6,14H,7-13H2,1H3,(H,22,24)/p+1. The van der Waals surface area contributed by atoms with Gasteiger partial charge in [0.25, 0.3) is 5.91 Å². The summed E-state index contributed by atoms with van der Waals surface area (Å²) in [6.07, 6.45) is 1.58. The van der Waals surface area contributed by atoms with E-state index in [1.807, 2.05) is 35.7 Å². The summed E-state index contributed by atoms with van der Waals surface area (Å²) in [7, 11) is 1.35. The van der Waals surface area contributed by atoms with Crippen molar-refractivity contribution in [2.24, 2.45) is 0 Å². The van der Waals surface area contributed by atoms with Crippen molar-refractivity contribution < 1.29 is 28.7 Å². The number of esters is 1. The van der Waals surface area contributed by atoms with Crippen molar-refractivity contribution in [1.29, 1.82) is 0 Å². The van der Waals surface area contributed by atoms with Gasteiger partial charge in [0.2, 0.25) is 0 Å². The van der Waals surface area contributed by atoms with E-state index >= 15 is 0 Å². The quantitative estimate of drug-likeness (QED) is 0.722. The highest BCUT2D eigenvalue weighted by atomic mass is 32.1. The number of hydrogen-bond acceptors (Lipinski definition) is 6. The molecule has 3 heterocycles. The Kier molecular flexibility index (Phi) is 5.96. The van der Waals surface area contributed by atoms with E-state index in [2.05, 4.69) is 5.32 Å². The summed E-state index contributed by atoms with van der Waals surface area (Å²) in [5, 5.41) is 5.32. The number of amides is 1. The maximum Gasteiger partial charge on any atom is 0.341 e. The summed E-state index contributed by atoms with van der Waals surface area (Å²) < 4.78 is 16.5. The Hall–Kier alpha value is -2.26. The molecule has 29 heavy (non-hydrogen) atoms. The van der Waals surface area contributed by atoms with Crippen molar-refractivity contribution in [3.63, 3.8) is 0 Å². The van der Waals surface area contributed by atoms with Gasteiger partial charge < -0.3 is 24.4 Å². The third kappa shape index (κ3) is 4.35. The molecule has 1 amide bonds. The highest BCUT2D eigenvalue weighted by molar-refractivity contribution is 7.15. The van der Waals surface area contributed by atoms with Crippen LogP contribution in [0.15, 0.2) is 35.7 Å². The lowest BCUT2D eigenvalue weighted by Gasteiger charge is -2.34. The minimum absolute atomic E-state index is 0.115. The molecule has 0 aliphatic carbocycles. The number of nitrogens with one attached hydrogen (secondary N) is 2. The highest BCUT2D eigenvalue weighted by Gasteiger charge is 2.42. The van der Waals surface area contributed by atoms with Gasteiger partial charge in [0, 0.05) is 10.9 Å². The third-order valence-electron chi connectivity index (χ3n) is 5.46. The Balaban J connectivity index is 1.43. The van der Waals surface area contributed by atoms with E-state index < -0.39 is 11.8 Å². The molecule has 1 spiro atoms. The lowest BCUT2D eigenvalue weighted by molar-refractivity contribution is -0.900. The van der Waals surface area contributed by atoms with Gasteiger partial charge in [0.05, 0.1) is 46.3 Å². The number of likely N-dealkylation sites (tertiary alicyclic amines) is 1. The summed E-state index contributed by atoms with van der Waals surface area (Å²) in [4.78, 5) is 26.3. The van der Waals surface area contributed by atoms with Crippen LogP contribution in [0.3, 0.4) is 0 Å². The molecule has 2 aliphatic heterocycles. The maximum absolute atomic E-state index is 12.7. The molecule has 0 saturated carbocycles. The van der Waals surface area contributed by atoms with E-state index in [0.29, 0.717) is 30.3 Å².